The van der Waals surface area contributed by atoms with Crippen molar-refractivity contribution < 1.29 is 4.79 Å². The van der Waals surface area contributed by atoms with Gasteiger partial charge in [-0.15, -0.1) is 0 Å². The van der Waals surface area contributed by atoms with Crippen LogP contribution in [0.5, 0.6) is 0 Å². The molecule has 19 heavy (non-hydrogen) atoms. The summed E-state index contributed by atoms with van der Waals surface area (Å²) in [5, 5.41) is 0. The third-order valence-electron chi connectivity index (χ3n) is 3.53. The van der Waals surface area contributed by atoms with Gasteiger partial charge in [0, 0.05) is 5.56 Å². The Hall–Kier alpha value is -0.680. The highest BCUT2D eigenvalue weighted by molar-refractivity contribution is 7.76. The summed E-state index contributed by atoms with van der Waals surface area (Å²) in [5.74, 6) is 0. The lowest BCUT2D eigenvalue weighted by molar-refractivity contribution is 0.108. The van der Waals surface area contributed by atoms with Crippen molar-refractivity contribution in [3.05, 3.63) is 34.4 Å². The van der Waals surface area contributed by atoms with Crippen molar-refractivity contribution in [2.75, 3.05) is 6.16 Å². The van der Waals surface area contributed by atoms with Crippen molar-refractivity contribution >= 4 is 13.4 Å². The van der Waals surface area contributed by atoms with E-state index in [1.165, 1.54) is 18.4 Å². The molecule has 1 unspecified atom stereocenters. The minimum absolute atomic E-state index is 0.411. The number of carbonyl (C=O) groups excluding carboxylic acids is 1. The fourth-order valence-corrected chi connectivity index (χ4v) is 5.07. The summed E-state index contributed by atoms with van der Waals surface area (Å²) in [5.41, 5.74) is 5.41. The summed E-state index contributed by atoms with van der Waals surface area (Å²) in [4.78, 5) is 12.9. The number of carbonyl (C=O) groups is 1. The maximum atomic E-state index is 12.9. The van der Waals surface area contributed by atoms with Crippen LogP contribution >= 0.6 is 7.92 Å². The number of unbranched alkanes of at least 4 members (excludes halogenated alkanes) is 1. The zero-order valence-corrected chi connectivity index (χ0v) is 14.1. The minimum Gasteiger partial charge on any atom is -0.289 e. The summed E-state index contributed by atoms with van der Waals surface area (Å²) < 4.78 is 0. The predicted octanol–water partition coefficient (Wildman–Crippen LogP) is 5.44. The van der Waals surface area contributed by atoms with Crippen molar-refractivity contribution in [1.29, 1.82) is 0 Å². The number of benzene rings is 1. The quantitative estimate of drug-likeness (QED) is 0.633. The molecular weight excluding hydrogens is 251 g/mol. The molecule has 0 N–H and O–H groups in total. The Morgan fingerprint density at radius 3 is 2.11 bits per heavy atom. The molecule has 0 saturated carbocycles. The zero-order valence-electron chi connectivity index (χ0n) is 13.2. The second-order valence-corrected chi connectivity index (χ2v) is 8.55. The first kappa shape index (κ1) is 16.4. The fraction of sp³-hybridized carbons (Fsp3) is 0.588. The Balaban J connectivity index is 3.09. The fourth-order valence-electron chi connectivity index (χ4n) is 2.58. The van der Waals surface area contributed by atoms with E-state index in [1.807, 2.05) is 0 Å². The van der Waals surface area contributed by atoms with Crippen molar-refractivity contribution in [3.63, 3.8) is 0 Å². The van der Waals surface area contributed by atoms with Crippen LogP contribution in [0.25, 0.3) is 0 Å². The number of hydrogen-bond donors (Lipinski definition) is 0. The van der Waals surface area contributed by atoms with Crippen LogP contribution in [0.2, 0.25) is 0 Å². The second-order valence-electron chi connectivity index (χ2n) is 5.72. The molecule has 1 nitrogen and oxygen atoms in total. The van der Waals surface area contributed by atoms with Gasteiger partial charge in [-0.05, 0) is 58.1 Å². The number of aryl methyl sites for hydroxylation is 3. The average Bonchev–Trinajstić information content (AvgIpc) is 2.27. The first-order chi connectivity index (χ1) is 8.88. The molecule has 0 bridgehead atoms. The monoisotopic (exact) mass is 278 g/mol. The smallest absolute Gasteiger partial charge is 0.184 e. The van der Waals surface area contributed by atoms with E-state index < -0.39 is 7.92 Å². The molecule has 0 fully saturated rings. The van der Waals surface area contributed by atoms with Gasteiger partial charge in [0.15, 0.2) is 5.52 Å². The van der Waals surface area contributed by atoms with Crippen molar-refractivity contribution in [3.8, 4) is 0 Å². The van der Waals surface area contributed by atoms with Crippen LogP contribution in [0.15, 0.2) is 12.1 Å². The first-order valence-corrected chi connectivity index (χ1v) is 8.86. The normalized spacial score (nSPS) is 12.8. The molecule has 0 spiro atoms. The van der Waals surface area contributed by atoms with Gasteiger partial charge in [0.25, 0.3) is 0 Å². The first-order valence-electron chi connectivity index (χ1n) is 7.27. The largest absolute Gasteiger partial charge is 0.289 e. The Bertz CT molecular complexity index is 426. The van der Waals surface area contributed by atoms with Gasteiger partial charge in [-0.3, -0.25) is 4.79 Å². The van der Waals surface area contributed by atoms with Crippen LogP contribution in [0.3, 0.4) is 0 Å². The highest BCUT2D eigenvalue weighted by Crippen LogP contribution is 2.46. The summed E-state index contributed by atoms with van der Waals surface area (Å²) in [6.45, 7) is 12.8. The van der Waals surface area contributed by atoms with Gasteiger partial charge in [-0.1, -0.05) is 44.9 Å². The van der Waals surface area contributed by atoms with Gasteiger partial charge in [0.05, 0.1) is 0 Å². The van der Waals surface area contributed by atoms with E-state index >= 15 is 0 Å². The zero-order chi connectivity index (χ0) is 14.6. The molecule has 0 aliphatic rings. The Morgan fingerprint density at radius 2 is 1.68 bits per heavy atom. The maximum absolute atomic E-state index is 12.9. The van der Waals surface area contributed by atoms with Crippen molar-refractivity contribution in [1.82, 2.24) is 0 Å². The third-order valence-corrected chi connectivity index (χ3v) is 6.32. The molecule has 1 rings (SSSR count). The maximum Gasteiger partial charge on any atom is 0.184 e. The van der Waals surface area contributed by atoms with Crippen LogP contribution < -0.4 is 0 Å². The minimum atomic E-state index is -0.544. The molecule has 1 atom stereocenters. The second kappa shape index (κ2) is 7.20. The highest BCUT2D eigenvalue weighted by atomic mass is 31.1. The van der Waals surface area contributed by atoms with Gasteiger partial charge in [-0.2, -0.15) is 0 Å². The summed E-state index contributed by atoms with van der Waals surface area (Å²) in [7, 11) is -0.544. The highest BCUT2D eigenvalue weighted by Gasteiger charge is 2.24. The molecule has 106 valence electrons. The lowest BCUT2D eigenvalue weighted by atomic mass is 10.0. The molecule has 0 aliphatic heterocycles. The van der Waals surface area contributed by atoms with E-state index in [1.54, 1.807) is 0 Å². The van der Waals surface area contributed by atoms with Gasteiger partial charge < -0.3 is 0 Å². The molecule has 0 aliphatic carbocycles. The molecule has 0 saturated heterocycles. The molecule has 2 heteroatoms. The Morgan fingerprint density at radius 1 is 1.16 bits per heavy atom. The van der Waals surface area contributed by atoms with Gasteiger partial charge >= 0.3 is 0 Å². The van der Waals surface area contributed by atoms with Crippen LogP contribution in [0.1, 0.15) is 60.7 Å². The average molecular weight is 278 g/mol. The van der Waals surface area contributed by atoms with Crippen LogP contribution in [0, 0.1) is 20.8 Å². The summed E-state index contributed by atoms with van der Waals surface area (Å²) in [6, 6.07) is 4.27. The molecule has 0 amide bonds. The van der Waals surface area contributed by atoms with E-state index in [2.05, 4.69) is 53.7 Å². The Labute approximate surface area is 119 Å². The number of rotatable bonds is 6. The van der Waals surface area contributed by atoms with E-state index in [4.69, 9.17) is 0 Å². The lowest BCUT2D eigenvalue weighted by Crippen LogP contribution is -2.11. The Kier molecular flexibility index (Phi) is 6.20. The van der Waals surface area contributed by atoms with Crippen molar-refractivity contribution in [2.45, 2.75) is 60.0 Å². The van der Waals surface area contributed by atoms with Crippen LogP contribution in [-0.4, -0.2) is 17.3 Å². The standard InChI is InChI=1S/C17H27OP/c1-7-8-9-19(12(2)3)17(18)16-14(5)10-13(4)11-15(16)6/h10-12H,7-9H2,1-6H3. The van der Waals surface area contributed by atoms with Gasteiger partial charge in [-0.25, -0.2) is 0 Å². The van der Waals surface area contributed by atoms with E-state index in [-0.39, 0.29) is 0 Å². The van der Waals surface area contributed by atoms with Crippen LogP contribution in [-0.2, 0) is 0 Å². The molecule has 0 heterocycles. The van der Waals surface area contributed by atoms with Crippen LogP contribution in [0.4, 0.5) is 0 Å². The molecule has 0 aromatic heterocycles. The lowest BCUT2D eigenvalue weighted by Gasteiger charge is -2.22. The molecule has 0 radical (unpaired) electrons. The summed E-state index contributed by atoms with van der Waals surface area (Å²) in [6.07, 6.45) is 3.42. The SMILES string of the molecule is CCCCP(C(=O)c1c(C)cc(C)cc1C)C(C)C. The topological polar surface area (TPSA) is 17.1 Å². The predicted molar refractivity (Wildman–Crippen MR) is 86.8 cm³/mol. The van der Waals surface area contributed by atoms with E-state index in [9.17, 15) is 4.79 Å². The summed E-state index contributed by atoms with van der Waals surface area (Å²) >= 11 is 0. The number of hydrogen-bond acceptors (Lipinski definition) is 1. The van der Waals surface area contributed by atoms with E-state index in [0.29, 0.717) is 11.2 Å². The molecule has 1 aromatic carbocycles. The van der Waals surface area contributed by atoms with E-state index in [0.717, 1.165) is 22.9 Å². The van der Waals surface area contributed by atoms with Gasteiger partial charge in [0.1, 0.15) is 0 Å². The molecule has 1 aromatic rings. The molecular formula is C17H27OP. The third kappa shape index (κ3) is 4.14. The van der Waals surface area contributed by atoms with Gasteiger partial charge in [0.2, 0.25) is 0 Å². The van der Waals surface area contributed by atoms with Crippen molar-refractivity contribution in [2.24, 2.45) is 0 Å².